The molecule has 148 valence electrons. The zero-order chi connectivity index (χ0) is 19.6. The molecule has 1 aromatic heterocycles. The van der Waals surface area contributed by atoms with Gasteiger partial charge in [-0.15, -0.1) is 10.2 Å². The zero-order valence-corrected chi connectivity index (χ0v) is 17.9. The lowest BCUT2D eigenvalue weighted by atomic mass is 9.94. The van der Waals surface area contributed by atoms with Gasteiger partial charge in [0.2, 0.25) is 0 Å². The Hall–Kier alpha value is -2.02. The van der Waals surface area contributed by atoms with Crippen LogP contribution in [0.2, 0.25) is 0 Å². The molecule has 6 nitrogen and oxygen atoms in total. The third-order valence-electron chi connectivity index (χ3n) is 4.82. The fourth-order valence-electron chi connectivity index (χ4n) is 2.70. The molecule has 0 spiro atoms. The molecule has 1 heterocycles. The van der Waals surface area contributed by atoms with Gasteiger partial charge in [0.05, 0.1) is 0 Å². The maximum Gasteiger partial charge on any atom is 0.191 e. The number of nitrogens with zero attached hydrogens (tertiary/aromatic N) is 4. The predicted octanol–water partition coefficient (Wildman–Crippen LogP) is 3.10. The highest BCUT2D eigenvalue weighted by Crippen LogP contribution is 2.18. The van der Waals surface area contributed by atoms with Gasteiger partial charge in [0.15, 0.2) is 11.8 Å². The summed E-state index contributed by atoms with van der Waals surface area (Å²) in [6, 6.07) is 10.8. The topological polar surface area (TPSA) is 67.1 Å². The predicted molar refractivity (Wildman–Crippen MR) is 115 cm³/mol. The lowest BCUT2D eigenvalue weighted by Gasteiger charge is -2.24. The van der Waals surface area contributed by atoms with Gasteiger partial charge in [-0.1, -0.05) is 37.3 Å². The average Bonchev–Trinajstić information content (AvgIpc) is 3.01. The normalized spacial score (nSPS) is 14.0. The lowest BCUT2D eigenvalue weighted by Crippen LogP contribution is -2.44. The minimum Gasteiger partial charge on any atom is -0.356 e. The van der Waals surface area contributed by atoms with Gasteiger partial charge in [-0.2, -0.15) is 11.8 Å². The first kappa shape index (κ1) is 21.3. The van der Waals surface area contributed by atoms with E-state index in [9.17, 15) is 0 Å². The molecular weight excluding hydrogens is 356 g/mol. The Kier molecular flexibility index (Phi) is 8.64. The van der Waals surface area contributed by atoms with Crippen LogP contribution in [0.1, 0.15) is 43.4 Å². The van der Waals surface area contributed by atoms with Crippen LogP contribution < -0.4 is 10.6 Å². The molecule has 0 aliphatic carbocycles. The fraction of sp³-hybridized carbons (Fsp3) is 0.550. The van der Waals surface area contributed by atoms with E-state index < -0.39 is 0 Å². The molecule has 0 saturated carbocycles. The van der Waals surface area contributed by atoms with Gasteiger partial charge >= 0.3 is 0 Å². The second-order valence-corrected chi connectivity index (χ2v) is 7.78. The molecule has 2 rings (SSSR count). The van der Waals surface area contributed by atoms with Gasteiger partial charge in [-0.25, -0.2) is 4.99 Å². The summed E-state index contributed by atoms with van der Waals surface area (Å²) in [5.41, 5.74) is 1.32. The minimum absolute atomic E-state index is 0.250. The van der Waals surface area contributed by atoms with Crippen molar-refractivity contribution in [2.45, 2.75) is 45.7 Å². The van der Waals surface area contributed by atoms with E-state index in [2.05, 4.69) is 71.3 Å². The fourth-order valence-corrected chi connectivity index (χ4v) is 3.13. The number of hydrogen-bond acceptors (Lipinski definition) is 4. The number of benzene rings is 1. The summed E-state index contributed by atoms with van der Waals surface area (Å²) in [6.07, 6.45) is 3.24. The van der Waals surface area contributed by atoms with E-state index in [1.165, 1.54) is 5.56 Å². The zero-order valence-electron chi connectivity index (χ0n) is 17.1. The van der Waals surface area contributed by atoms with Crippen molar-refractivity contribution in [3.05, 3.63) is 47.5 Å². The highest BCUT2D eigenvalue weighted by atomic mass is 32.2. The summed E-state index contributed by atoms with van der Waals surface area (Å²) < 4.78 is 1.98. The number of rotatable bonds is 9. The van der Waals surface area contributed by atoms with Crippen molar-refractivity contribution in [3.8, 4) is 0 Å². The summed E-state index contributed by atoms with van der Waals surface area (Å²) >= 11 is 1.86. The number of aromatic nitrogens is 3. The van der Waals surface area contributed by atoms with Gasteiger partial charge in [-0.3, -0.25) is 0 Å². The second-order valence-electron chi connectivity index (χ2n) is 6.79. The number of guanidine groups is 1. The van der Waals surface area contributed by atoms with Crippen molar-refractivity contribution < 1.29 is 0 Å². The molecule has 0 aliphatic rings. The second kappa shape index (κ2) is 11.0. The van der Waals surface area contributed by atoms with Gasteiger partial charge in [0.25, 0.3) is 0 Å². The molecular formula is C20H32N6S. The molecule has 0 amide bonds. The van der Waals surface area contributed by atoms with Crippen LogP contribution in [-0.2, 0) is 13.6 Å². The quantitative estimate of drug-likeness (QED) is 0.392. The Morgan fingerprint density at radius 2 is 1.96 bits per heavy atom. The Morgan fingerprint density at radius 1 is 1.22 bits per heavy atom. The Labute approximate surface area is 167 Å². The van der Waals surface area contributed by atoms with E-state index in [0.29, 0.717) is 12.5 Å². The van der Waals surface area contributed by atoms with Crippen LogP contribution in [0.5, 0.6) is 0 Å². The number of aliphatic imine (C=N–C) groups is 1. The van der Waals surface area contributed by atoms with E-state index in [1.807, 2.05) is 30.3 Å². The lowest BCUT2D eigenvalue weighted by molar-refractivity contribution is 0.548. The molecule has 27 heavy (non-hydrogen) atoms. The number of nitrogens with one attached hydrogen (secondary N) is 2. The molecule has 2 aromatic rings. The van der Waals surface area contributed by atoms with Gasteiger partial charge in [0.1, 0.15) is 12.4 Å². The van der Waals surface area contributed by atoms with E-state index in [4.69, 9.17) is 4.99 Å². The molecule has 2 atom stereocenters. The van der Waals surface area contributed by atoms with E-state index in [1.54, 1.807) is 0 Å². The third-order valence-corrected chi connectivity index (χ3v) is 5.52. The van der Waals surface area contributed by atoms with Gasteiger partial charge in [-0.05, 0) is 37.8 Å². The molecule has 0 fully saturated rings. The van der Waals surface area contributed by atoms with E-state index in [-0.39, 0.29) is 6.04 Å². The first-order valence-corrected chi connectivity index (χ1v) is 10.9. The first-order valence-electron chi connectivity index (χ1n) is 9.46. The van der Waals surface area contributed by atoms with Crippen molar-refractivity contribution in [2.75, 3.05) is 18.6 Å². The number of thioether (sulfide) groups is 1. The van der Waals surface area contributed by atoms with Crippen LogP contribution >= 0.6 is 11.8 Å². The maximum absolute atomic E-state index is 4.75. The largest absolute Gasteiger partial charge is 0.356 e. The molecule has 7 heteroatoms. The minimum atomic E-state index is 0.250. The Morgan fingerprint density at radius 3 is 2.59 bits per heavy atom. The summed E-state index contributed by atoms with van der Waals surface area (Å²) in [6.45, 7) is 7.79. The smallest absolute Gasteiger partial charge is 0.191 e. The Bertz CT molecular complexity index is 713. The molecule has 0 bridgehead atoms. The summed E-state index contributed by atoms with van der Waals surface area (Å²) in [4.78, 5) is 4.75. The SMILES string of the molecule is CSCCCNC(=NCc1nnc(C)n1C)NC(C)C(C)c1ccccc1. The summed E-state index contributed by atoms with van der Waals surface area (Å²) in [5, 5.41) is 15.3. The van der Waals surface area contributed by atoms with Gasteiger partial charge < -0.3 is 15.2 Å². The maximum atomic E-state index is 4.75. The van der Waals surface area contributed by atoms with Crippen molar-refractivity contribution in [1.29, 1.82) is 0 Å². The van der Waals surface area contributed by atoms with Crippen LogP contribution in [-0.4, -0.2) is 45.3 Å². The number of aryl methyl sites for hydroxylation is 1. The van der Waals surface area contributed by atoms with Crippen LogP contribution in [0.3, 0.4) is 0 Å². The van der Waals surface area contributed by atoms with Crippen LogP contribution in [0.25, 0.3) is 0 Å². The summed E-state index contributed by atoms with van der Waals surface area (Å²) in [5.74, 6) is 4.10. The van der Waals surface area contributed by atoms with E-state index >= 15 is 0 Å². The first-order chi connectivity index (χ1) is 13.0. The van der Waals surface area contributed by atoms with Crippen molar-refractivity contribution in [3.63, 3.8) is 0 Å². The molecule has 2 N–H and O–H groups in total. The third kappa shape index (κ3) is 6.57. The Balaban J connectivity index is 2.04. The van der Waals surface area contributed by atoms with Crippen molar-refractivity contribution in [1.82, 2.24) is 25.4 Å². The van der Waals surface area contributed by atoms with Crippen LogP contribution in [0, 0.1) is 6.92 Å². The molecule has 0 saturated heterocycles. The highest BCUT2D eigenvalue weighted by Gasteiger charge is 2.15. The molecule has 0 radical (unpaired) electrons. The molecule has 1 aromatic carbocycles. The standard InChI is InChI=1S/C20H32N6S/c1-15(18-10-7-6-8-11-18)16(2)23-20(21-12-9-13-27-5)22-14-19-25-24-17(3)26(19)4/h6-8,10-11,15-16H,9,12-14H2,1-5H3,(H2,21,22,23). The molecule has 0 aliphatic heterocycles. The van der Waals surface area contributed by atoms with Gasteiger partial charge in [0, 0.05) is 25.6 Å². The average molecular weight is 389 g/mol. The highest BCUT2D eigenvalue weighted by molar-refractivity contribution is 7.98. The number of hydrogen-bond donors (Lipinski definition) is 2. The van der Waals surface area contributed by atoms with E-state index in [0.717, 1.165) is 36.3 Å². The van der Waals surface area contributed by atoms with Crippen molar-refractivity contribution >= 4 is 17.7 Å². The summed E-state index contributed by atoms with van der Waals surface area (Å²) in [7, 11) is 1.97. The van der Waals surface area contributed by atoms with Crippen molar-refractivity contribution in [2.24, 2.45) is 12.0 Å². The van der Waals surface area contributed by atoms with Crippen LogP contribution in [0.4, 0.5) is 0 Å². The van der Waals surface area contributed by atoms with Crippen LogP contribution in [0.15, 0.2) is 35.3 Å². The monoisotopic (exact) mass is 388 g/mol. The molecule has 2 unspecified atom stereocenters.